The van der Waals surface area contributed by atoms with E-state index < -0.39 is 0 Å². The van der Waals surface area contributed by atoms with E-state index in [4.69, 9.17) is 0 Å². The number of hydrogen-bond acceptors (Lipinski definition) is 1. The maximum Gasteiger partial charge on any atom is 0.0492 e. The van der Waals surface area contributed by atoms with Gasteiger partial charge in [0.25, 0.3) is 0 Å². The van der Waals surface area contributed by atoms with Gasteiger partial charge in [0, 0.05) is 37.3 Å². The Bertz CT molecular complexity index is 995. The van der Waals surface area contributed by atoms with Crippen molar-refractivity contribution in [2.45, 2.75) is 19.4 Å². The third kappa shape index (κ3) is 4.29. The minimum absolute atomic E-state index is 1.02. The zero-order valence-electron chi connectivity index (χ0n) is 15.1. The van der Waals surface area contributed by atoms with Crippen LogP contribution in [0.15, 0.2) is 75.7 Å². The lowest BCUT2D eigenvalue weighted by atomic mass is 10.1. The zero-order valence-corrected chi connectivity index (χ0v) is 18.3. The van der Waals surface area contributed by atoms with Gasteiger partial charge in [-0.25, -0.2) is 0 Å². The maximum absolute atomic E-state index is 3.62. The molecular formula is C23H22Br2N2. The molecule has 0 aliphatic rings. The second kappa shape index (κ2) is 8.59. The van der Waals surface area contributed by atoms with Crippen LogP contribution < -0.4 is 5.32 Å². The molecule has 0 amide bonds. The Morgan fingerprint density at radius 2 is 1.37 bits per heavy atom. The highest BCUT2D eigenvalue weighted by molar-refractivity contribution is 9.10. The highest BCUT2D eigenvalue weighted by Gasteiger charge is 2.11. The van der Waals surface area contributed by atoms with Crippen LogP contribution in [-0.4, -0.2) is 17.7 Å². The van der Waals surface area contributed by atoms with Crippen molar-refractivity contribution in [1.29, 1.82) is 0 Å². The van der Waals surface area contributed by atoms with Crippen molar-refractivity contribution in [3.05, 3.63) is 81.2 Å². The van der Waals surface area contributed by atoms with Crippen molar-refractivity contribution in [2.75, 3.05) is 13.1 Å². The topological polar surface area (TPSA) is 17.0 Å². The Morgan fingerprint density at radius 1 is 0.741 bits per heavy atom. The van der Waals surface area contributed by atoms with Gasteiger partial charge < -0.3 is 9.88 Å². The molecule has 4 rings (SSSR count). The number of nitrogens with one attached hydrogen (secondary N) is 1. The van der Waals surface area contributed by atoms with Gasteiger partial charge in [0.05, 0.1) is 0 Å². The van der Waals surface area contributed by atoms with E-state index in [1.54, 1.807) is 0 Å². The van der Waals surface area contributed by atoms with Crippen LogP contribution in [0.1, 0.15) is 12.0 Å². The quantitative estimate of drug-likeness (QED) is 0.294. The van der Waals surface area contributed by atoms with E-state index in [-0.39, 0.29) is 0 Å². The first-order chi connectivity index (χ1) is 13.2. The summed E-state index contributed by atoms with van der Waals surface area (Å²) in [6, 6.07) is 23.8. The number of rotatable bonds is 7. The minimum Gasteiger partial charge on any atom is -0.340 e. The van der Waals surface area contributed by atoms with Crippen LogP contribution in [0, 0.1) is 0 Å². The largest absolute Gasteiger partial charge is 0.340 e. The first-order valence-electron chi connectivity index (χ1n) is 9.34. The third-order valence-electron chi connectivity index (χ3n) is 4.96. The second-order valence-electron chi connectivity index (χ2n) is 6.81. The smallest absolute Gasteiger partial charge is 0.0492 e. The van der Waals surface area contributed by atoms with Crippen LogP contribution in [0.4, 0.5) is 0 Å². The molecule has 0 saturated carbocycles. The maximum atomic E-state index is 3.62. The van der Waals surface area contributed by atoms with Crippen LogP contribution in [0.3, 0.4) is 0 Å². The fourth-order valence-electron chi connectivity index (χ4n) is 3.65. The monoisotopic (exact) mass is 484 g/mol. The van der Waals surface area contributed by atoms with E-state index in [1.165, 1.54) is 27.4 Å². The molecule has 138 valence electrons. The molecule has 0 bridgehead atoms. The van der Waals surface area contributed by atoms with E-state index in [0.29, 0.717) is 0 Å². The molecule has 0 fully saturated rings. The van der Waals surface area contributed by atoms with Crippen molar-refractivity contribution < 1.29 is 0 Å². The third-order valence-corrected chi connectivity index (χ3v) is 5.94. The molecule has 0 aliphatic carbocycles. The predicted molar refractivity (Wildman–Crippen MR) is 122 cm³/mol. The SMILES string of the molecule is Brc1ccc2c(c1)c1cc(Br)ccc1n2CCCNCCc1ccccc1. The van der Waals surface area contributed by atoms with Gasteiger partial charge in [-0.3, -0.25) is 0 Å². The van der Waals surface area contributed by atoms with Crippen LogP contribution in [0.5, 0.6) is 0 Å². The van der Waals surface area contributed by atoms with Gasteiger partial charge in [0.2, 0.25) is 0 Å². The Labute approximate surface area is 176 Å². The van der Waals surface area contributed by atoms with Gasteiger partial charge >= 0.3 is 0 Å². The van der Waals surface area contributed by atoms with Crippen molar-refractivity contribution in [3.8, 4) is 0 Å². The molecule has 0 aliphatic heterocycles. The summed E-state index contributed by atoms with van der Waals surface area (Å²) >= 11 is 7.23. The highest BCUT2D eigenvalue weighted by atomic mass is 79.9. The minimum atomic E-state index is 1.02. The van der Waals surface area contributed by atoms with E-state index in [0.717, 1.165) is 41.4 Å². The molecule has 1 aromatic heterocycles. The van der Waals surface area contributed by atoms with Crippen LogP contribution >= 0.6 is 31.9 Å². The summed E-state index contributed by atoms with van der Waals surface area (Å²) in [5.74, 6) is 0. The zero-order chi connectivity index (χ0) is 18.6. The van der Waals surface area contributed by atoms with E-state index in [1.807, 2.05) is 0 Å². The van der Waals surface area contributed by atoms with Gasteiger partial charge in [-0.1, -0.05) is 62.2 Å². The summed E-state index contributed by atoms with van der Waals surface area (Å²) in [5.41, 5.74) is 4.00. The number of hydrogen-bond donors (Lipinski definition) is 1. The fraction of sp³-hybridized carbons (Fsp3) is 0.217. The fourth-order valence-corrected chi connectivity index (χ4v) is 4.38. The first kappa shape index (κ1) is 18.7. The van der Waals surface area contributed by atoms with E-state index in [9.17, 15) is 0 Å². The van der Waals surface area contributed by atoms with Crippen LogP contribution in [0.2, 0.25) is 0 Å². The molecular weight excluding hydrogens is 464 g/mol. The first-order valence-corrected chi connectivity index (χ1v) is 10.9. The normalized spacial score (nSPS) is 11.5. The van der Waals surface area contributed by atoms with Gasteiger partial charge in [-0.15, -0.1) is 0 Å². The Hall–Kier alpha value is -1.62. The Balaban J connectivity index is 1.43. The summed E-state index contributed by atoms with van der Waals surface area (Å²) in [7, 11) is 0. The number of halogens is 2. The summed E-state index contributed by atoms with van der Waals surface area (Å²) in [5, 5.41) is 6.19. The second-order valence-corrected chi connectivity index (χ2v) is 8.65. The van der Waals surface area contributed by atoms with Gasteiger partial charge in [-0.2, -0.15) is 0 Å². The number of aromatic nitrogens is 1. The number of nitrogens with zero attached hydrogens (tertiary/aromatic N) is 1. The lowest BCUT2D eigenvalue weighted by molar-refractivity contribution is 0.599. The molecule has 4 heteroatoms. The van der Waals surface area contributed by atoms with Gasteiger partial charge in [0.15, 0.2) is 0 Å². The number of benzene rings is 3. The van der Waals surface area contributed by atoms with E-state index in [2.05, 4.69) is 108 Å². The number of fused-ring (bicyclic) bond motifs is 3. The number of aryl methyl sites for hydroxylation is 1. The predicted octanol–water partition coefficient (Wildman–Crippen LogP) is 6.54. The highest BCUT2D eigenvalue weighted by Crippen LogP contribution is 2.33. The molecule has 0 radical (unpaired) electrons. The van der Waals surface area contributed by atoms with E-state index >= 15 is 0 Å². The van der Waals surface area contributed by atoms with Crippen molar-refractivity contribution in [2.24, 2.45) is 0 Å². The molecule has 1 heterocycles. The average molecular weight is 486 g/mol. The molecule has 0 spiro atoms. The summed E-state index contributed by atoms with van der Waals surface area (Å²) in [4.78, 5) is 0. The van der Waals surface area contributed by atoms with Crippen molar-refractivity contribution in [1.82, 2.24) is 9.88 Å². The molecule has 3 aromatic carbocycles. The van der Waals surface area contributed by atoms with Crippen LogP contribution in [0.25, 0.3) is 21.8 Å². The van der Waals surface area contributed by atoms with Gasteiger partial charge in [-0.05, 0) is 67.9 Å². The standard InChI is InChI=1S/C23H22Br2N2/c24-18-7-9-22-20(15-18)21-16-19(25)8-10-23(21)27(22)14-4-12-26-13-11-17-5-2-1-3-6-17/h1-3,5-10,15-16,26H,4,11-14H2. The lowest BCUT2D eigenvalue weighted by Crippen LogP contribution is -2.19. The molecule has 0 saturated heterocycles. The lowest BCUT2D eigenvalue weighted by Gasteiger charge is -2.09. The molecule has 27 heavy (non-hydrogen) atoms. The van der Waals surface area contributed by atoms with Gasteiger partial charge in [0.1, 0.15) is 0 Å². The Kier molecular flexibility index (Phi) is 5.96. The summed E-state index contributed by atoms with van der Waals surface area (Å²) in [6.45, 7) is 3.07. The molecule has 0 atom stereocenters. The van der Waals surface area contributed by atoms with Crippen molar-refractivity contribution in [3.63, 3.8) is 0 Å². The van der Waals surface area contributed by atoms with Crippen LogP contribution in [-0.2, 0) is 13.0 Å². The average Bonchev–Trinajstić information content (AvgIpc) is 2.97. The summed E-state index contributed by atoms with van der Waals surface area (Å²) < 4.78 is 4.69. The summed E-state index contributed by atoms with van der Waals surface area (Å²) in [6.07, 6.45) is 2.19. The van der Waals surface area contributed by atoms with Crippen molar-refractivity contribution >= 4 is 53.7 Å². The molecule has 1 N–H and O–H groups in total. The molecule has 0 unspecified atom stereocenters. The molecule has 2 nitrogen and oxygen atoms in total. The molecule has 4 aromatic rings. The Morgan fingerprint density at radius 3 is 2.00 bits per heavy atom.